The van der Waals surface area contributed by atoms with Gasteiger partial charge in [0.25, 0.3) is 0 Å². The second-order valence-corrected chi connectivity index (χ2v) is 7.33. The van der Waals surface area contributed by atoms with Gasteiger partial charge in [-0.15, -0.1) is 0 Å². The molecule has 1 aromatic heterocycles. The number of hydrogen-bond donors (Lipinski definition) is 0. The van der Waals surface area contributed by atoms with Crippen molar-refractivity contribution in [3.63, 3.8) is 0 Å². The monoisotopic (exact) mass is 370 g/mol. The summed E-state index contributed by atoms with van der Waals surface area (Å²) in [6, 6.07) is 10.4. The van der Waals surface area contributed by atoms with E-state index in [2.05, 4.69) is 42.0 Å². The molecule has 0 bridgehead atoms. The molecule has 1 aliphatic rings. The van der Waals surface area contributed by atoms with Crippen LogP contribution in [0, 0.1) is 13.8 Å². The van der Waals surface area contributed by atoms with Crippen LogP contribution >= 0.6 is 0 Å². The van der Waals surface area contributed by atoms with E-state index < -0.39 is 0 Å². The first-order valence-electron chi connectivity index (χ1n) is 9.67. The van der Waals surface area contributed by atoms with Crippen LogP contribution in [-0.2, 0) is 11.3 Å². The lowest BCUT2D eigenvalue weighted by molar-refractivity contribution is -0.133. The minimum atomic E-state index is 0.210. The molecule has 1 saturated heterocycles. The van der Waals surface area contributed by atoms with Gasteiger partial charge in [0.2, 0.25) is 5.91 Å². The molecule has 1 atom stereocenters. The van der Waals surface area contributed by atoms with E-state index in [1.807, 2.05) is 28.6 Å². The molecule has 146 valence electrons. The molecule has 1 aromatic carbocycles. The van der Waals surface area contributed by atoms with Crippen LogP contribution in [0.1, 0.15) is 31.2 Å². The largest absolute Gasteiger partial charge is 0.497 e. The van der Waals surface area contributed by atoms with Gasteiger partial charge in [-0.05, 0) is 57.5 Å². The first-order valence-corrected chi connectivity index (χ1v) is 9.67. The van der Waals surface area contributed by atoms with Crippen molar-refractivity contribution in [2.24, 2.45) is 0 Å². The molecule has 3 rings (SSSR count). The molecule has 27 heavy (non-hydrogen) atoms. The Balaban J connectivity index is 1.49. The number of piperazine rings is 1. The van der Waals surface area contributed by atoms with Crippen LogP contribution in [0.25, 0.3) is 0 Å². The standard InChI is InChI=1S/C21H30N4O2/c1-16-14-17(2)25(22-16)11-5-6-21(26)24-13-12-23(15-18(24)3)19-7-9-20(27-4)10-8-19/h7-10,14,18H,5-6,11-13,15H2,1-4H3/t18-/m0/s1. The van der Waals surface area contributed by atoms with E-state index in [0.717, 1.165) is 49.7 Å². The zero-order chi connectivity index (χ0) is 19.4. The molecule has 6 heteroatoms. The summed E-state index contributed by atoms with van der Waals surface area (Å²) >= 11 is 0. The van der Waals surface area contributed by atoms with Crippen molar-refractivity contribution in [2.45, 2.75) is 46.2 Å². The SMILES string of the molecule is COc1ccc(N2CCN(C(=O)CCCn3nc(C)cc3C)[C@@H](C)C2)cc1. The fourth-order valence-electron chi connectivity index (χ4n) is 3.78. The van der Waals surface area contributed by atoms with Gasteiger partial charge in [0.1, 0.15) is 5.75 Å². The zero-order valence-electron chi connectivity index (χ0n) is 16.8. The minimum Gasteiger partial charge on any atom is -0.497 e. The number of rotatable bonds is 6. The number of benzene rings is 1. The van der Waals surface area contributed by atoms with Crippen molar-refractivity contribution in [1.82, 2.24) is 14.7 Å². The lowest BCUT2D eigenvalue weighted by atomic mass is 10.1. The van der Waals surface area contributed by atoms with E-state index >= 15 is 0 Å². The van der Waals surface area contributed by atoms with E-state index in [0.29, 0.717) is 6.42 Å². The number of aryl methyl sites for hydroxylation is 3. The van der Waals surface area contributed by atoms with E-state index in [4.69, 9.17) is 4.74 Å². The first kappa shape index (κ1) is 19.3. The molecule has 1 fully saturated rings. The molecule has 0 radical (unpaired) electrons. The third-order valence-corrected chi connectivity index (χ3v) is 5.25. The maximum absolute atomic E-state index is 12.7. The second kappa shape index (κ2) is 8.46. The number of hydrogen-bond acceptors (Lipinski definition) is 4. The Labute approximate surface area is 161 Å². The molecule has 0 aliphatic carbocycles. The molecule has 0 unspecified atom stereocenters. The Morgan fingerprint density at radius 1 is 1.22 bits per heavy atom. The average molecular weight is 370 g/mol. The molecule has 0 N–H and O–H groups in total. The molecular weight excluding hydrogens is 340 g/mol. The predicted octanol–water partition coefficient (Wildman–Crippen LogP) is 3.03. The molecule has 0 spiro atoms. The highest BCUT2D eigenvalue weighted by molar-refractivity contribution is 5.77. The topological polar surface area (TPSA) is 50.6 Å². The van der Waals surface area contributed by atoms with Gasteiger partial charge < -0.3 is 14.5 Å². The van der Waals surface area contributed by atoms with Crippen molar-refractivity contribution >= 4 is 11.6 Å². The van der Waals surface area contributed by atoms with Crippen LogP contribution in [0.5, 0.6) is 5.75 Å². The molecular formula is C21H30N4O2. The van der Waals surface area contributed by atoms with Gasteiger partial charge in [-0.3, -0.25) is 9.48 Å². The van der Waals surface area contributed by atoms with Crippen LogP contribution in [0.4, 0.5) is 5.69 Å². The van der Waals surface area contributed by atoms with Gasteiger partial charge in [-0.2, -0.15) is 5.10 Å². The smallest absolute Gasteiger partial charge is 0.222 e. The Morgan fingerprint density at radius 2 is 1.96 bits per heavy atom. The lowest BCUT2D eigenvalue weighted by Gasteiger charge is -2.41. The van der Waals surface area contributed by atoms with Crippen molar-refractivity contribution in [3.8, 4) is 5.75 Å². The summed E-state index contributed by atoms with van der Waals surface area (Å²) in [6.07, 6.45) is 1.40. The zero-order valence-corrected chi connectivity index (χ0v) is 16.8. The summed E-state index contributed by atoms with van der Waals surface area (Å²) in [5.74, 6) is 1.11. The quantitative estimate of drug-likeness (QED) is 0.784. The maximum atomic E-state index is 12.7. The van der Waals surface area contributed by atoms with Gasteiger partial charge in [0, 0.05) is 50.0 Å². The summed E-state index contributed by atoms with van der Waals surface area (Å²) < 4.78 is 7.22. The summed E-state index contributed by atoms with van der Waals surface area (Å²) in [5, 5.41) is 4.47. The van der Waals surface area contributed by atoms with E-state index in [1.54, 1.807) is 7.11 Å². The molecule has 6 nitrogen and oxygen atoms in total. The van der Waals surface area contributed by atoms with Crippen LogP contribution in [0.2, 0.25) is 0 Å². The lowest BCUT2D eigenvalue weighted by Crippen LogP contribution is -2.54. The Kier molecular flexibility index (Phi) is 6.04. The summed E-state index contributed by atoms with van der Waals surface area (Å²) in [6.45, 7) is 9.47. The van der Waals surface area contributed by atoms with Gasteiger partial charge in [-0.1, -0.05) is 0 Å². The van der Waals surface area contributed by atoms with Crippen LogP contribution < -0.4 is 9.64 Å². The number of anilines is 1. The fourth-order valence-corrected chi connectivity index (χ4v) is 3.78. The fraction of sp³-hybridized carbons (Fsp3) is 0.524. The van der Waals surface area contributed by atoms with Crippen molar-refractivity contribution < 1.29 is 9.53 Å². The number of aromatic nitrogens is 2. The molecule has 1 aliphatic heterocycles. The van der Waals surface area contributed by atoms with Gasteiger partial charge in [0.05, 0.1) is 12.8 Å². The molecule has 2 aromatic rings. The second-order valence-electron chi connectivity index (χ2n) is 7.33. The van der Waals surface area contributed by atoms with Crippen molar-refractivity contribution in [1.29, 1.82) is 0 Å². The Bertz CT molecular complexity index is 769. The van der Waals surface area contributed by atoms with E-state index in [9.17, 15) is 4.79 Å². The highest BCUT2D eigenvalue weighted by Crippen LogP contribution is 2.22. The van der Waals surface area contributed by atoms with Gasteiger partial charge >= 0.3 is 0 Å². The highest BCUT2D eigenvalue weighted by Gasteiger charge is 2.27. The third-order valence-electron chi connectivity index (χ3n) is 5.25. The predicted molar refractivity (Wildman–Crippen MR) is 107 cm³/mol. The average Bonchev–Trinajstić information content (AvgIpc) is 2.98. The van der Waals surface area contributed by atoms with Crippen LogP contribution in [0.3, 0.4) is 0 Å². The summed E-state index contributed by atoms with van der Waals surface area (Å²) in [4.78, 5) is 17.0. The molecule has 1 amide bonds. The Hall–Kier alpha value is -2.50. The molecule has 2 heterocycles. The molecule has 0 saturated carbocycles. The van der Waals surface area contributed by atoms with Gasteiger partial charge in [0.15, 0.2) is 0 Å². The number of methoxy groups -OCH3 is 1. The first-order chi connectivity index (χ1) is 13.0. The van der Waals surface area contributed by atoms with Crippen LogP contribution in [-0.4, -0.2) is 53.4 Å². The van der Waals surface area contributed by atoms with E-state index in [1.165, 1.54) is 5.69 Å². The third kappa shape index (κ3) is 4.62. The highest BCUT2D eigenvalue weighted by atomic mass is 16.5. The maximum Gasteiger partial charge on any atom is 0.222 e. The van der Waals surface area contributed by atoms with E-state index in [-0.39, 0.29) is 11.9 Å². The van der Waals surface area contributed by atoms with Crippen molar-refractivity contribution in [3.05, 3.63) is 41.7 Å². The summed E-state index contributed by atoms with van der Waals surface area (Å²) in [7, 11) is 1.68. The number of carbonyl (C=O) groups is 1. The van der Waals surface area contributed by atoms with Crippen molar-refractivity contribution in [2.75, 3.05) is 31.6 Å². The number of amides is 1. The Morgan fingerprint density at radius 3 is 2.56 bits per heavy atom. The number of carbonyl (C=O) groups excluding carboxylic acids is 1. The number of ether oxygens (including phenoxy) is 1. The minimum absolute atomic E-state index is 0.210. The number of nitrogens with zero attached hydrogens (tertiary/aromatic N) is 4. The van der Waals surface area contributed by atoms with Gasteiger partial charge in [-0.25, -0.2) is 0 Å². The summed E-state index contributed by atoms with van der Waals surface area (Å²) in [5.41, 5.74) is 3.36. The normalized spacial score (nSPS) is 17.3. The van der Waals surface area contributed by atoms with Crippen LogP contribution in [0.15, 0.2) is 30.3 Å².